The Hall–Kier alpha value is -1.75. The first kappa shape index (κ1) is 18.6. The Bertz CT molecular complexity index is 565. The summed E-state index contributed by atoms with van der Waals surface area (Å²) in [5.41, 5.74) is 0.988. The number of ether oxygens (including phenoxy) is 1. The fourth-order valence-corrected chi connectivity index (χ4v) is 3.29. The molecule has 1 N–H and O–H groups in total. The van der Waals surface area contributed by atoms with E-state index < -0.39 is 0 Å². The number of nitrogens with zero attached hydrogens (tertiary/aromatic N) is 1. The second kappa shape index (κ2) is 9.52. The van der Waals surface area contributed by atoms with Crippen LogP contribution < -0.4 is 5.32 Å². The van der Waals surface area contributed by atoms with E-state index in [9.17, 15) is 9.59 Å². The lowest BCUT2D eigenvalue weighted by Gasteiger charge is -2.31. The number of esters is 1. The minimum absolute atomic E-state index is 0.0243. The van der Waals surface area contributed by atoms with Crippen LogP contribution in [0.4, 0.5) is 4.79 Å². The number of urea groups is 1. The molecule has 1 heterocycles. The minimum atomic E-state index is -0.295. The van der Waals surface area contributed by atoms with Crippen LogP contribution in [-0.4, -0.2) is 36.6 Å². The first-order chi connectivity index (χ1) is 11.6. The van der Waals surface area contributed by atoms with Gasteiger partial charge < -0.3 is 15.0 Å². The van der Waals surface area contributed by atoms with Crippen molar-refractivity contribution >= 4 is 23.6 Å². The number of hydrogen-bond donors (Lipinski definition) is 1. The first-order valence-electron chi connectivity index (χ1n) is 8.58. The summed E-state index contributed by atoms with van der Waals surface area (Å²) in [5.74, 6) is -0.295. The Morgan fingerprint density at radius 1 is 1.29 bits per heavy atom. The van der Waals surface area contributed by atoms with Crippen molar-refractivity contribution in [2.45, 2.75) is 45.1 Å². The summed E-state index contributed by atoms with van der Waals surface area (Å²) in [4.78, 5) is 25.8. The zero-order valence-corrected chi connectivity index (χ0v) is 14.8. The smallest absolute Gasteiger partial charge is 0.317 e. The number of rotatable bonds is 5. The van der Waals surface area contributed by atoms with Crippen molar-refractivity contribution in [2.75, 3.05) is 19.7 Å². The number of hydrogen-bond acceptors (Lipinski definition) is 3. The van der Waals surface area contributed by atoms with E-state index in [2.05, 4.69) is 5.32 Å². The lowest BCUT2D eigenvalue weighted by atomic mass is 10.0. The zero-order valence-electron chi connectivity index (χ0n) is 14.1. The number of carbonyl (C=O) groups excluding carboxylic acids is 2. The van der Waals surface area contributed by atoms with Crippen LogP contribution in [0.3, 0.4) is 0 Å². The van der Waals surface area contributed by atoms with Crippen LogP contribution in [0.25, 0.3) is 0 Å². The Labute approximate surface area is 148 Å². The topological polar surface area (TPSA) is 58.6 Å². The van der Waals surface area contributed by atoms with Crippen molar-refractivity contribution in [2.24, 2.45) is 0 Å². The summed E-state index contributed by atoms with van der Waals surface area (Å²) in [6.07, 6.45) is 4.24. The van der Waals surface area contributed by atoms with E-state index in [0.29, 0.717) is 18.2 Å². The second-order valence-electron chi connectivity index (χ2n) is 5.87. The van der Waals surface area contributed by atoms with Gasteiger partial charge in [-0.1, -0.05) is 42.6 Å². The van der Waals surface area contributed by atoms with Crippen molar-refractivity contribution in [1.82, 2.24) is 10.2 Å². The molecular formula is C18H25ClN2O3. The summed E-state index contributed by atoms with van der Waals surface area (Å²) >= 11 is 6.34. The van der Waals surface area contributed by atoms with Gasteiger partial charge in [-0.2, -0.15) is 0 Å². The molecule has 1 aliphatic heterocycles. The Morgan fingerprint density at radius 3 is 2.83 bits per heavy atom. The predicted molar refractivity (Wildman–Crippen MR) is 94.0 cm³/mol. The molecule has 132 valence electrons. The van der Waals surface area contributed by atoms with Gasteiger partial charge >= 0.3 is 12.0 Å². The van der Waals surface area contributed by atoms with Crippen molar-refractivity contribution in [3.63, 3.8) is 0 Å². The summed E-state index contributed by atoms with van der Waals surface area (Å²) in [6, 6.07) is 7.51. The molecule has 0 aromatic heterocycles. The van der Waals surface area contributed by atoms with Crippen LogP contribution in [0, 0.1) is 0 Å². The van der Waals surface area contributed by atoms with E-state index in [-0.39, 0.29) is 31.0 Å². The van der Waals surface area contributed by atoms with Gasteiger partial charge in [0.15, 0.2) is 0 Å². The van der Waals surface area contributed by atoms with E-state index >= 15 is 0 Å². The average molecular weight is 353 g/mol. The molecule has 0 radical (unpaired) electrons. The molecule has 1 aromatic rings. The molecule has 0 saturated carbocycles. The van der Waals surface area contributed by atoms with E-state index in [1.165, 1.54) is 0 Å². The van der Waals surface area contributed by atoms with Gasteiger partial charge in [0.2, 0.25) is 0 Å². The molecule has 0 aliphatic carbocycles. The predicted octanol–water partition coefficient (Wildman–Crippen LogP) is 3.92. The zero-order chi connectivity index (χ0) is 17.4. The largest absolute Gasteiger partial charge is 0.466 e. The van der Waals surface area contributed by atoms with Gasteiger partial charge in [0.1, 0.15) is 0 Å². The van der Waals surface area contributed by atoms with E-state index in [4.69, 9.17) is 16.3 Å². The van der Waals surface area contributed by atoms with Gasteiger partial charge in [0.25, 0.3) is 0 Å². The molecule has 1 aromatic carbocycles. The third-order valence-electron chi connectivity index (χ3n) is 4.19. The molecule has 1 aliphatic rings. The SMILES string of the molecule is CCOC(=O)CCNC(=O)N1CCCCC[C@@H]1c1ccccc1Cl. The molecule has 0 spiro atoms. The molecule has 2 rings (SSSR count). The first-order valence-corrected chi connectivity index (χ1v) is 8.95. The van der Waals surface area contributed by atoms with Crippen LogP contribution in [0.15, 0.2) is 24.3 Å². The van der Waals surface area contributed by atoms with Gasteiger partial charge in [0, 0.05) is 18.1 Å². The lowest BCUT2D eigenvalue weighted by molar-refractivity contribution is -0.142. The van der Waals surface area contributed by atoms with Gasteiger partial charge in [-0.3, -0.25) is 4.79 Å². The molecule has 0 bridgehead atoms. The number of amides is 2. The maximum Gasteiger partial charge on any atom is 0.317 e. The van der Waals surface area contributed by atoms with Crippen molar-refractivity contribution in [3.05, 3.63) is 34.9 Å². The third-order valence-corrected chi connectivity index (χ3v) is 4.53. The molecule has 6 heteroatoms. The highest BCUT2D eigenvalue weighted by molar-refractivity contribution is 6.31. The molecule has 24 heavy (non-hydrogen) atoms. The molecule has 0 unspecified atom stereocenters. The highest BCUT2D eigenvalue weighted by Gasteiger charge is 2.27. The number of likely N-dealkylation sites (tertiary alicyclic amines) is 1. The summed E-state index contributed by atoms with van der Waals surface area (Å²) in [5, 5.41) is 3.52. The van der Waals surface area contributed by atoms with Crippen molar-refractivity contribution in [1.29, 1.82) is 0 Å². The highest BCUT2D eigenvalue weighted by atomic mass is 35.5. The Kier molecular flexibility index (Phi) is 7.37. The molecule has 1 fully saturated rings. The third kappa shape index (κ3) is 5.13. The van der Waals surface area contributed by atoms with Crippen molar-refractivity contribution in [3.8, 4) is 0 Å². The minimum Gasteiger partial charge on any atom is -0.466 e. The van der Waals surface area contributed by atoms with Crippen LogP contribution >= 0.6 is 11.6 Å². The molecule has 2 amide bonds. The fourth-order valence-electron chi connectivity index (χ4n) is 3.03. The number of benzene rings is 1. The normalized spacial score (nSPS) is 17.9. The van der Waals surface area contributed by atoms with Crippen LogP contribution in [-0.2, 0) is 9.53 Å². The number of carbonyl (C=O) groups is 2. The highest BCUT2D eigenvalue weighted by Crippen LogP contribution is 2.34. The Morgan fingerprint density at radius 2 is 2.08 bits per heavy atom. The summed E-state index contributed by atoms with van der Waals surface area (Å²) in [7, 11) is 0. The van der Waals surface area contributed by atoms with Crippen LogP contribution in [0.1, 0.15) is 50.6 Å². The van der Waals surface area contributed by atoms with Gasteiger partial charge in [-0.15, -0.1) is 0 Å². The number of nitrogens with one attached hydrogen (secondary N) is 1. The quantitative estimate of drug-likeness (QED) is 0.817. The molecule has 1 saturated heterocycles. The van der Waals surface area contributed by atoms with Gasteiger partial charge in [-0.25, -0.2) is 4.79 Å². The molecule has 1 atom stereocenters. The van der Waals surface area contributed by atoms with Crippen LogP contribution in [0.5, 0.6) is 0 Å². The monoisotopic (exact) mass is 352 g/mol. The summed E-state index contributed by atoms with van der Waals surface area (Å²) < 4.78 is 4.87. The molecule has 5 nitrogen and oxygen atoms in total. The maximum atomic E-state index is 12.6. The fraction of sp³-hybridized carbons (Fsp3) is 0.556. The number of halogens is 1. The van der Waals surface area contributed by atoms with E-state index in [1.54, 1.807) is 6.92 Å². The standard InChI is InChI=1S/C18H25ClN2O3/c1-2-24-17(22)11-12-20-18(23)21-13-7-3-4-10-16(21)14-8-5-6-9-15(14)19/h5-6,8-9,16H,2-4,7,10-13H2,1H3,(H,20,23)/t16-/m1/s1. The molecular weight excluding hydrogens is 328 g/mol. The second-order valence-corrected chi connectivity index (χ2v) is 6.27. The van der Waals surface area contributed by atoms with Gasteiger partial charge in [-0.05, 0) is 31.4 Å². The summed E-state index contributed by atoms with van der Waals surface area (Å²) in [6.45, 7) is 3.10. The van der Waals surface area contributed by atoms with E-state index in [0.717, 1.165) is 31.2 Å². The van der Waals surface area contributed by atoms with Gasteiger partial charge in [0.05, 0.1) is 19.1 Å². The Balaban J connectivity index is 2.02. The van der Waals surface area contributed by atoms with E-state index in [1.807, 2.05) is 29.2 Å². The maximum absolute atomic E-state index is 12.6. The average Bonchev–Trinajstić information content (AvgIpc) is 2.81. The van der Waals surface area contributed by atoms with Crippen LogP contribution in [0.2, 0.25) is 5.02 Å². The lowest BCUT2D eigenvalue weighted by Crippen LogP contribution is -2.43. The van der Waals surface area contributed by atoms with Crippen molar-refractivity contribution < 1.29 is 14.3 Å².